The van der Waals surface area contributed by atoms with Crippen LogP contribution in [-0.4, -0.2) is 18.2 Å². The Bertz CT molecular complexity index is 392. The third-order valence-corrected chi connectivity index (χ3v) is 3.77. The maximum absolute atomic E-state index is 5.70. The van der Waals surface area contributed by atoms with Crippen LogP contribution in [0.25, 0.3) is 0 Å². The summed E-state index contributed by atoms with van der Waals surface area (Å²) in [4.78, 5) is 4.50. The lowest BCUT2D eigenvalue weighted by Gasteiger charge is -2.14. The highest BCUT2D eigenvalue weighted by molar-refractivity contribution is 5.39. The molecule has 0 aliphatic carbocycles. The fraction of sp³-hybridized carbons (Fsp3) is 0.688. The fourth-order valence-electron chi connectivity index (χ4n) is 2.56. The third-order valence-electron chi connectivity index (χ3n) is 3.77. The van der Waals surface area contributed by atoms with Gasteiger partial charge in [0.2, 0.25) is 0 Å². The van der Waals surface area contributed by atoms with Gasteiger partial charge in [-0.05, 0) is 18.8 Å². The van der Waals surface area contributed by atoms with Crippen molar-refractivity contribution in [3.8, 4) is 11.5 Å². The molecule has 0 amide bonds. The zero-order chi connectivity index (χ0) is 13.5. The number of nitrogens with zero attached hydrogens (tertiary/aromatic N) is 1. The van der Waals surface area contributed by atoms with Gasteiger partial charge in [-0.15, -0.1) is 0 Å². The molecule has 3 heteroatoms. The maximum Gasteiger partial charge on any atom is 0.179 e. The van der Waals surface area contributed by atoms with E-state index in [-0.39, 0.29) is 0 Å². The first-order valence-corrected chi connectivity index (χ1v) is 7.58. The number of rotatable bonds is 6. The maximum atomic E-state index is 5.70. The predicted molar refractivity (Wildman–Crippen MR) is 76.9 cm³/mol. The van der Waals surface area contributed by atoms with Gasteiger partial charge in [0.15, 0.2) is 11.5 Å². The lowest BCUT2D eigenvalue weighted by atomic mass is 9.94. The highest BCUT2D eigenvalue weighted by Crippen LogP contribution is 2.29. The van der Waals surface area contributed by atoms with Gasteiger partial charge in [-0.2, -0.15) is 0 Å². The molecule has 1 unspecified atom stereocenters. The highest BCUT2D eigenvalue weighted by atomic mass is 16.5. The Balaban J connectivity index is 1.95. The van der Waals surface area contributed by atoms with Crippen LogP contribution in [0.5, 0.6) is 11.5 Å². The summed E-state index contributed by atoms with van der Waals surface area (Å²) >= 11 is 0. The Morgan fingerprint density at radius 2 is 1.95 bits per heavy atom. The quantitative estimate of drug-likeness (QED) is 0.777. The van der Waals surface area contributed by atoms with E-state index in [2.05, 4.69) is 24.9 Å². The van der Waals surface area contributed by atoms with E-state index in [0.717, 1.165) is 49.2 Å². The van der Waals surface area contributed by atoms with E-state index in [1.807, 2.05) is 6.20 Å². The second-order valence-corrected chi connectivity index (χ2v) is 5.27. The van der Waals surface area contributed by atoms with Crippen LogP contribution in [-0.2, 0) is 6.42 Å². The van der Waals surface area contributed by atoms with Crippen molar-refractivity contribution in [2.45, 2.75) is 52.4 Å². The third kappa shape index (κ3) is 4.12. The van der Waals surface area contributed by atoms with Crippen LogP contribution in [0.2, 0.25) is 0 Å². The molecular weight excluding hydrogens is 238 g/mol. The Morgan fingerprint density at radius 1 is 1.16 bits per heavy atom. The van der Waals surface area contributed by atoms with Crippen molar-refractivity contribution >= 4 is 0 Å². The standard InChI is InChI=1S/C16H25NO2/c1-3-6-13(4-2)7-8-14-11-15-16(12-17-14)19-10-5-9-18-15/h11-13H,3-10H2,1-2H3. The number of aromatic nitrogens is 1. The highest BCUT2D eigenvalue weighted by Gasteiger charge is 2.12. The van der Waals surface area contributed by atoms with Gasteiger partial charge in [-0.25, -0.2) is 0 Å². The molecule has 0 aromatic carbocycles. The van der Waals surface area contributed by atoms with E-state index in [0.29, 0.717) is 0 Å². The van der Waals surface area contributed by atoms with Gasteiger partial charge in [0.05, 0.1) is 19.4 Å². The summed E-state index contributed by atoms with van der Waals surface area (Å²) < 4.78 is 11.3. The van der Waals surface area contributed by atoms with E-state index in [1.54, 1.807) is 0 Å². The number of aryl methyl sites for hydroxylation is 1. The Labute approximate surface area is 116 Å². The zero-order valence-corrected chi connectivity index (χ0v) is 12.2. The lowest BCUT2D eigenvalue weighted by Crippen LogP contribution is -2.02. The summed E-state index contributed by atoms with van der Waals surface area (Å²) in [7, 11) is 0. The number of fused-ring (bicyclic) bond motifs is 1. The molecule has 0 fully saturated rings. The molecule has 2 heterocycles. The topological polar surface area (TPSA) is 31.4 Å². The molecule has 0 radical (unpaired) electrons. The second kappa shape index (κ2) is 7.37. The van der Waals surface area contributed by atoms with E-state index < -0.39 is 0 Å². The normalized spacial score (nSPS) is 15.9. The van der Waals surface area contributed by atoms with E-state index >= 15 is 0 Å². The van der Waals surface area contributed by atoms with Gasteiger partial charge >= 0.3 is 0 Å². The van der Waals surface area contributed by atoms with E-state index in [1.165, 1.54) is 25.7 Å². The first kappa shape index (κ1) is 14.2. The number of hydrogen-bond donors (Lipinski definition) is 0. The molecule has 2 rings (SSSR count). The molecule has 0 bridgehead atoms. The second-order valence-electron chi connectivity index (χ2n) is 5.27. The number of hydrogen-bond acceptors (Lipinski definition) is 3. The van der Waals surface area contributed by atoms with Crippen LogP contribution in [0.15, 0.2) is 12.3 Å². The molecule has 1 atom stereocenters. The van der Waals surface area contributed by atoms with Crippen molar-refractivity contribution in [3.63, 3.8) is 0 Å². The summed E-state index contributed by atoms with van der Waals surface area (Å²) in [6, 6.07) is 2.05. The largest absolute Gasteiger partial charge is 0.489 e. The Morgan fingerprint density at radius 3 is 2.68 bits per heavy atom. The summed E-state index contributed by atoms with van der Waals surface area (Å²) in [5.41, 5.74) is 1.12. The van der Waals surface area contributed by atoms with Crippen LogP contribution >= 0.6 is 0 Å². The molecule has 0 spiro atoms. The molecule has 1 aliphatic heterocycles. The molecule has 1 aromatic rings. The molecule has 3 nitrogen and oxygen atoms in total. The number of pyridine rings is 1. The van der Waals surface area contributed by atoms with Gasteiger partial charge in [0.25, 0.3) is 0 Å². The van der Waals surface area contributed by atoms with Crippen molar-refractivity contribution in [1.82, 2.24) is 4.98 Å². The number of ether oxygens (including phenoxy) is 2. The van der Waals surface area contributed by atoms with Gasteiger partial charge in [-0.1, -0.05) is 33.1 Å². The van der Waals surface area contributed by atoms with Crippen LogP contribution in [0.4, 0.5) is 0 Å². The Kier molecular flexibility index (Phi) is 5.49. The summed E-state index contributed by atoms with van der Waals surface area (Å²) in [6.07, 6.45) is 8.87. The average Bonchev–Trinajstić information content (AvgIpc) is 2.68. The molecule has 1 aromatic heterocycles. The molecule has 106 valence electrons. The average molecular weight is 263 g/mol. The van der Waals surface area contributed by atoms with Crippen molar-refractivity contribution in [2.75, 3.05) is 13.2 Å². The summed E-state index contributed by atoms with van der Waals surface area (Å²) in [6.45, 7) is 6.00. The van der Waals surface area contributed by atoms with Crippen molar-refractivity contribution in [1.29, 1.82) is 0 Å². The lowest BCUT2D eigenvalue weighted by molar-refractivity contribution is 0.296. The monoisotopic (exact) mass is 263 g/mol. The first-order chi connectivity index (χ1) is 9.33. The van der Waals surface area contributed by atoms with Crippen LogP contribution in [0.3, 0.4) is 0 Å². The smallest absolute Gasteiger partial charge is 0.179 e. The van der Waals surface area contributed by atoms with E-state index in [4.69, 9.17) is 9.47 Å². The van der Waals surface area contributed by atoms with E-state index in [9.17, 15) is 0 Å². The van der Waals surface area contributed by atoms with Crippen LogP contribution in [0, 0.1) is 5.92 Å². The zero-order valence-electron chi connectivity index (χ0n) is 12.2. The van der Waals surface area contributed by atoms with Gasteiger partial charge in [-0.3, -0.25) is 4.98 Å². The SMILES string of the molecule is CCCC(CC)CCc1cc2c(cn1)OCCCO2. The van der Waals surface area contributed by atoms with Crippen molar-refractivity contribution in [3.05, 3.63) is 18.0 Å². The van der Waals surface area contributed by atoms with Crippen LogP contribution < -0.4 is 9.47 Å². The van der Waals surface area contributed by atoms with Gasteiger partial charge < -0.3 is 9.47 Å². The Hall–Kier alpha value is -1.25. The molecule has 0 saturated heterocycles. The minimum atomic E-state index is 0.725. The van der Waals surface area contributed by atoms with Crippen molar-refractivity contribution < 1.29 is 9.47 Å². The fourth-order valence-corrected chi connectivity index (χ4v) is 2.56. The summed E-state index contributed by atoms with van der Waals surface area (Å²) in [5, 5.41) is 0. The molecule has 0 N–H and O–H groups in total. The minimum absolute atomic E-state index is 0.725. The minimum Gasteiger partial charge on any atom is -0.489 e. The van der Waals surface area contributed by atoms with Gasteiger partial charge in [0, 0.05) is 18.2 Å². The first-order valence-electron chi connectivity index (χ1n) is 7.58. The molecule has 19 heavy (non-hydrogen) atoms. The van der Waals surface area contributed by atoms with Crippen LogP contribution in [0.1, 0.15) is 51.6 Å². The molecule has 1 aliphatic rings. The molecular formula is C16H25NO2. The van der Waals surface area contributed by atoms with Gasteiger partial charge in [0.1, 0.15) is 0 Å². The molecule has 0 saturated carbocycles. The predicted octanol–water partition coefficient (Wildman–Crippen LogP) is 4.00. The summed E-state index contributed by atoms with van der Waals surface area (Å²) in [5.74, 6) is 2.48. The van der Waals surface area contributed by atoms with Crippen molar-refractivity contribution in [2.24, 2.45) is 5.92 Å².